The van der Waals surface area contributed by atoms with Crippen molar-refractivity contribution >= 4 is 18.3 Å². The average Bonchev–Trinajstić information content (AvgIpc) is 1.80. The quantitative estimate of drug-likeness (QED) is 0.415. The Morgan fingerprint density at radius 2 is 2.30 bits per heavy atom. The molecule has 1 saturated heterocycles. The van der Waals surface area contributed by atoms with Gasteiger partial charge in [0.1, 0.15) is 0 Å². The number of β-amino-alcohol motifs (C(OH)–C–C–N with tert-alkyl or cyclic N) is 1. The molecule has 1 amide bonds. The van der Waals surface area contributed by atoms with E-state index in [9.17, 15) is 4.79 Å². The summed E-state index contributed by atoms with van der Waals surface area (Å²) < 4.78 is 0. The van der Waals surface area contributed by atoms with Gasteiger partial charge in [-0.3, -0.25) is 4.79 Å². The molecule has 0 bridgehead atoms. The number of carbonyl (C=O) groups is 1. The molecule has 0 aromatic rings. The Balaban J connectivity index is 0.000000810. The molecule has 4 nitrogen and oxygen atoms in total. The van der Waals surface area contributed by atoms with Crippen molar-refractivity contribution in [3.05, 3.63) is 0 Å². The van der Waals surface area contributed by atoms with E-state index in [4.69, 9.17) is 10.8 Å². The molecule has 1 fully saturated rings. The third-order valence-electron chi connectivity index (χ3n) is 1.37. The second-order valence-corrected chi connectivity index (χ2v) is 2.24. The third-order valence-corrected chi connectivity index (χ3v) is 1.37. The van der Waals surface area contributed by atoms with Crippen LogP contribution >= 0.6 is 12.4 Å². The fourth-order valence-corrected chi connectivity index (χ4v) is 0.833. The number of aliphatic hydroxyl groups is 1. The van der Waals surface area contributed by atoms with Crippen molar-refractivity contribution in [2.45, 2.75) is 18.6 Å². The molecule has 0 saturated carbocycles. The molecule has 1 aliphatic rings. The monoisotopic (exact) mass is 166 g/mol. The standard InChI is InChI=1S/C5H10N2O2.ClH/c6-4-1-3(8)2-7-5(4)9;/h3-4,8H,1-2,6H2,(H,7,9);1H/t3-,4+;/m1./s1. The summed E-state index contributed by atoms with van der Waals surface area (Å²) in [5.74, 6) is -0.166. The summed E-state index contributed by atoms with van der Waals surface area (Å²) >= 11 is 0. The molecule has 60 valence electrons. The third kappa shape index (κ3) is 2.13. The van der Waals surface area contributed by atoms with Crippen molar-refractivity contribution in [2.75, 3.05) is 6.54 Å². The van der Waals surface area contributed by atoms with E-state index in [1.54, 1.807) is 0 Å². The lowest BCUT2D eigenvalue weighted by atomic mass is 10.1. The molecule has 0 radical (unpaired) electrons. The number of carbonyl (C=O) groups excluding carboxylic acids is 1. The minimum absolute atomic E-state index is 0. The van der Waals surface area contributed by atoms with Crippen molar-refractivity contribution in [3.8, 4) is 0 Å². The minimum Gasteiger partial charge on any atom is -0.391 e. The van der Waals surface area contributed by atoms with E-state index >= 15 is 0 Å². The lowest BCUT2D eigenvalue weighted by Gasteiger charge is -2.22. The van der Waals surface area contributed by atoms with Crippen LogP contribution < -0.4 is 11.1 Å². The van der Waals surface area contributed by atoms with E-state index in [1.165, 1.54) is 0 Å². The Morgan fingerprint density at radius 3 is 2.70 bits per heavy atom. The van der Waals surface area contributed by atoms with Gasteiger partial charge in [0.25, 0.3) is 0 Å². The van der Waals surface area contributed by atoms with Gasteiger partial charge in [-0.25, -0.2) is 0 Å². The lowest BCUT2D eigenvalue weighted by molar-refractivity contribution is -0.125. The van der Waals surface area contributed by atoms with E-state index < -0.39 is 12.1 Å². The van der Waals surface area contributed by atoms with Crippen LogP contribution in [0, 0.1) is 0 Å². The molecule has 0 unspecified atom stereocenters. The summed E-state index contributed by atoms with van der Waals surface area (Å²) in [4.78, 5) is 10.6. The van der Waals surface area contributed by atoms with Crippen LogP contribution in [0.15, 0.2) is 0 Å². The highest BCUT2D eigenvalue weighted by Gasteiger charge is 2.23. The second kappa shape index (κ2) is 3.75. The number of halogens is 1. The Hall–Kier alpha value is -0.320. The van der Waals surface area contributed by atoms with E-state index in [1.807, 2.05) is 0 Å². The molecule has 4 N–H and O–H groups in total. The smallest absolute Gasteiger partial charge is 0.237 e. The maximum Gasteiger partial charge on any atom is 0.237 e. The summed E-state index contributed by atoms with van der Waals surface area (Å²) in [6, 6.07) is -0.520. The predicted octanol–water partition coefficient (Wildman–Crippen LogP) is -1.38. The van der Waals surface area contributed by atoms with Crippen LogP contribution in [0.4, 0.5) is 0 Å². The molecule has 5 heteroatoms. The summed E-state index contributed by atoms with van der Waals surface area (Å²) in [7, 11) is 0. The molecule has 2 atom stereocenters. The van der Waals surface area contributed by atoms with Crippen LogP contribution in [0.3, 0.4) is 0 Å². The number of rotatable bonds is 0. The number of nitrogens with one attached hydrogen (secondary N) is 1. The maximum atomic E-state index is 10.6. The molecule has 10 heavy (non-hydrogen) atoms. The molecule has 1 aliphatic heterocycles. The number of nitrogens with two attached hydrogens (primary N) is 1. The highest BCUT2D eigenvalue weighted by molar-refractivity contribution is 5.85. The van der Waals surface area contributed by atoms with Crippen LogP contribution in [-0.4, -0.2) is 29.7 Å². The summed E-state index contributed by atoms with van der Waals surface area (Å²) in [6.45, 7) is 0.340. The zero-order chi connectivity index (χ0) is 6.85. The van der Waals surface area contributed by atoms with Gasteiger partial charge in [0, 0.05) is 6.54 Å². The lowest BCUT2D eigenvalue weighted by Crippen LogP contribution is -2.51. The van der Waals surface area contributed by atoms with E-state index in [0.29, 0.717) is 13.0 Å². The first-order valence-corrected chi connectivity index (χ1v) is 2.91. The highest BCUT2D eigenvalue weighted by Crippen LogP contribution is 2.00. The fourth-order valence-electron chi connectivity index (χ4n) is 0.833. The molecular formula is C5H11ClN2O2. The predicted molar refractivity (Wildman–Crippen MR) is 38.9 cm³/mol. The zero-order valence-electron chi connectivity index (χ0n) is 5.41. The number of hydrogen-bond acceptors (Lipinski definition) is 3. The van der Waals surface area contributed by atoms with Gasteiger partial charge in [-0.1, -0.05) is 0 Å². The molecule has 0 aliphatic carbocycles. The van der Waals surface area contributed by atoms with Crippen molar-refractivity contribution in [1.82, 2.24) is 5.32 Å². The van der Waals surface area contributed by atoms with Crippen molar-refractivity contribution in [3.63, 3.8) is 0 Å². The van der Waals surface area contributed by atoms with Gasteiger partial charge in [-0.05, 0) is 6.42 Å². The van der Waals surface area contributed by atoms with E-state index in [-0.39, 0.29) is 18.3 Å². The number of hydrogen-bond donors (Lipinski definition) is 3. The van der Waals surface area contributed by atoms with Gasteiger partial charge >= 0.3 is 0 Å². The Morgan fingerprint density at radius 1 is 1.70 bits per heavy atom. The molecule has 0 aromatic heterocycles. The normalized spacial score (nSPS) is 32.4. The first-order valence-electron chi connectivity index (χ1n) is 2.91. The Labute approximate surface area is 65.2 Å². The van der Waals surface area contributed by atoms with Crippen molar-refractivity contribution in [2.24, 2.45) is 5.73 Å². The second-order valence-electron chi connectivity index (χ2n) is 2.24. The van der Waals surface area contributed by atoms with Crippen LogP contribution in [0.2, 0.25) is 0 Å². The Bertz CT molecular complexity index is 131. The van der Waals surface area contributed by atoms with E-state index in [2.05, 4.69) is 5.32 Å². The van der Waals surface area contributed by atoms with Crippen LogP contribution in [0.5, 0.6) is 0 Å². The minimum atomic E-state index is -0.520. The Kier molecular flexibility index (Phi) is 3.63. The van der Waals surface area contributed by atoms with Crippen LogP contribution in [0.1, 0.15) is 6.42 Å². The van der Waals surface area contributed by atoms with Gasteiger partial charge in [-0.15, -0.1) is 12.4 Å². The maximum absolute atomic E-state index is 10.6. The van der Waals surface area contributed by atoms with Gasteiger partial charge < -0.3 is 16.2 Å². The average molecular weight is 167 g/mol. The molecule has 0 spiro atoms. The number of piperidine rings is 1. The SMILES string of the molecule is Cl.N[C@H]1C[C@@H](O)CNC1=O. The molecule has 1 heterocycles. The zero-order valence-corrected chi connectivity index (χ0v) is 6.23. The first kappa shape index (κ1) is 9.68. The topological polar surface area (TPSA) is 75.3 Å². The number of aliphatic hydroxyl groups excluding tert-OH is 1. The number of amides is 1. The summed E-state index contributed by atoms with van der Waals surface area (Å²) in [5.41, 5.74) is 5.30. The van der Waals surface area contributed by atoms with Gasteiger partial charge in [0.05, 0.1) is 12.1 Å². The summed E-state index contributed by atoms with van der Waals surface area (Å²) in [5, 5.41) is 11.4. The highest BCUT2D eigenvalue weighted by atomic mass is 35.5. The van der Waals surface area contributed by atoms with E-state index in [0.717, 1.165) is 0 Å². The van der Waals surface area contributed by atoms with Crippen LogP contribution in [-0.2, 0) is 4.79 Å². The van der Waals surface area contributed by atoms with Crippen molar-refractivity contribution < 1.29 is 9.90 Å². The first-order chi connectivity index (χ1) is 4.20. The molecule has 0 aromatic carbocycles. The fraction of sp³-hybridized carbons (Fsp3) is 0.800. The molecule has 1 rings (SSSR count). The van der Waals surface area contributed by atoms with Gasteiger partial charge in [-0.2, -0.15) is 0 Å². The van der Waals surface area contributed by atoms with Gasteiger partial charge in [0.2, 0.25) is 5.91 Å². The largest absolute Gasteiger partial charge is 0.391 e. The summed E-state index contributed by atoms with van der Waals surface area (Å²) in [6.07, 6.45) is -0.0797. The van der Waals surface area contributed by atoms with Crippen LogP contribution in [0.25, 0.3) is 0 Å². The van der Waals surface area contributed by atoms with Gasteiger partial charge in [0.15, 0.2) is 0 Å². The molecular weight excluding hydrogens is 156 g/mol. The van der Waals surface area contributed by atoms with Crippen molar-refractivity contribution in [1.29, 1.82) is 0 Å².